The lowest BCUT2D eigenvalue weighted by Crippen LogP contribution is -2.16. The molecule has 0 spiro atoms. The van der Waals surface area contributed by atoms with Crippen LogP contribution in [-0.4, -0.2) is 25.7 Å². The standard InChI is InChI=1S/C10H10FNO2/c11-8-1-3-10(4-2-8)14-6-9-5-13-7-12-9/h1-4,7,9H,5-6H2. The number of halogens is 1. The van der Waals surface area contributed by atoms with Crippen molar-refractivity contribution in [1.82, 2.24) is 0 Å². The van der Waals surface area contributed by atoms with E-state index in [0.29, 0.717) is 19.0 Å². The molecule has 0 aliphatic carbocycles. The Morgan fingerprint density at radius 3 is 2.86 bits per heavy atom. The van der Waals surface area contributed by atoms with E-state index in [0.717, 1.165) is 0 Å². The van der Waals surface area contributed by atoms with Crippen molar-refractivity contribution in [3.8, 4) is 5.75 Å². The van der Waals surface area contributed by atoms with E-state index >= 15 is 0 Å². The van der Waals surface area contributed by atoms with Gasteiger partial charge in [-0.3, -0.25) is 0 Å². The molecule has 0 amide bonds. The maximum absolute atomic E-state index is 12.5. The molecule has 4 heteroatoms. The maximum Gasteiger partial charge on any atom is 0.170 e. The summed E-state index contributed by atoms with van der Waals surface area (Å²) in [5.41, 5.74) is 0. The second-order valence-corrected chi connectivity index (χ2v) is 3.01. The minimum atomic E-state index is -0.264. The summed E-state index contributed by atoms with van der Waals surface area (Å²) < 4.78 is 22.8. The second kappa shape index (κ2) is 4.09. The molecule has 14 heavy (non-hydrogen) atoms. The summed E-state index contributed by atoms with van der Waals surface area (Å²) in [5, 5.41) is 0. The SMILES string of the molecule is Fc1ccc(OCC2COC=N2)cc1. The van der Waals surface area contributed by atoms with Crippen LogP contribution in [0, 0.1) is 5.82 Å². The normalized spacial score (nSPS) is 19.4. The van der Waals surface area contributed by atoms with Gasteiger partial charge in [0.2, 0.25) is 0 Å². The smallest absolute Gasteiger partial charge is 0.170 e. The molecule has 1 heterocycles. The van der Waals surface area contributed by atoms with Gasteiger partial charge in [0.05, 0.1) is 0 Å². The van der Waals surface area contributed by atoms with Crippen LogP contribution in [0.15, 0.2) is 29.3 Å². The van der Waals surface area contributed by atoms with Crippen LogP contribution in [0.5, 0.6) is 5.75 Å². The summed E-state index contributed by atoms with van der Waals surface area (Å²) in [6.07, 6.45) is 1.43. The van der Waals surface area contributed by atoms with Crippen molar-refractivity contribution in [3.05, 3.63) is 30.1 Å². The molecule has 1 unspecified atom stereocenters. The Morgan fingerprint density at radius 2 is 2.21 bits per heavy atom. The average molecular weight is 195 g/mol. The topological polar surface area (TPSA) is 30.8 Å². The fourth-order valence-corrected chi connectivity index (χ4v) is 1.14. The molecule has 0 bridgehead atoms. The van der Waals surface area contributed by atoms with Gasteiger partial charge in [0, 0.05) is 0 Å². The molecule has 1 aromatic rings. The number of nitrogens with zero attached hydrogens (tertiary/aromatic N) is 1. The molecule has 1 aromatic carbocycles. The zero-order chi connectivity index (χ0) is 9.80. The average Bonchev–Trinajstić information content (AvgIpc) is 2.70. The van der Waals surface area contributed by atoms with Gasteiger partial charge in [-0.1, -0.05) is 0 Å². The number of hydrogen-bond acceptors (Lipinski definition) is 3. The predicted molar refractivity (Wildman–Crippen MR) is 50.1 cm³/mol. The van der Waals surface area contributed by atoms with Crippen molar-refractivity contribution in [2.24, 2.45) is 4.99 Å². The van der Waals surface area contributed by atoms with Crippen LogP contribution in [-0.2, 0) is 4.74 Å². The molecule has 2 rings (SSSR count). The van der Waals surface area contributed by atoms with E-state index in [1.54, 1.807) is 12.1 Å². The largest absolute Gasteiger partial charge is 0.491 e. The summed E-state index contributed by atoms with van der Waals surface area (Å²) in [7, 11) is 0. The molecule has 0 N–H and O–H groups in total. The molecular weight excluding hydrogens is 185 g/mol. The number of rotatable bonds is 3. The molecule has 0 saturated heterocycles. The van der Waals surface area contributed by atoms with Gasteiger partial charge in [0.15, 0.2) is 6.40 Å². The monoisotopic (exact) mass is 195 g/mol. The Morgan fingerprint density at radius 1 is 1.43 bits per heavy atom. The Balaban J connectivity index is 1.85. The minimum absolute atomic E-state index is 0.0556. The fraction of sp³-hybridized carbons (Fsp3) is 0.300. The van der Waals surface area contributed by atoms with E-state index < -0.39 is 0 Å². The lowest BCUT2D eigenvalue weighted by atomic mass is 10.3. The first-order chi connectivity index (χ1) is 6.84. The molecule has 1 atom stereocenters. The zero-order valence-corrected chi connectivity index (χ0v) is 7.52. The summed E-state index contributed by atoms with van der Waals surface area (Å²) in [6, 6.07) is 5.97. The first-order valence-corrected chi connectivity index (χ1v) is 4.36. The van der Waals surface area contributed by atoms with E-state index in [9.17, 15) is 4.39 Å². The summed E-state index contributed by atoms with van der Waals surface area (Å²) in [5.74, 6) is 0.382. The van der Waals surface area contributed by atoms with Crippen LogP contribution in [0.4, 0.5) is 4.39 Å². The van der Waals surface area contributed by atoms with Crippen molar-refractivity contribution in [1.29, 1.82) is 0 Å². The molecule has 1 aliphatic rings. The Kier molecular flexibility index (Phi) is 2.62. The molecular formula is C10H10FNO2. The lowest BCUT2D eigenvalue weighted by Gasteiger charge is -2.08. The second-order valence-electron chi connectivity index (χ2n) is 3.01. The highest BCUT2D eigenvalue weighted by atomic mass is 19.1. The van der Waals surface area contributed by atoms with Crippen LogP contribution in [0.25, 0.3) is 0 Å². The minimum Gasteiger partial charge on any atom is -0.491 e. The summed E-state index contributed by atoms with van der Waals surface area (Å²) in [6.45, 7) is 1.02. The Bertz CT molecular complexity index is 323. The molecule has 0 fully saturated rings. The predicted octanol–water partition coefficient (Wildman–Crippen LogP) is 1.63. The molecule has 1 aliphatic heterocycles. The van der Waals surface area contributed by atoms with Gasteiger partial charge in [-0.25, -0.2) is 9.38 Å². The van der Waals surface area contributed by atoms with Crippen molar-refractivity contribution in [2.75, 3.05) is 13.2 Å². The van der Waals surface area contributed by atoms with Gasteiger partial charge in [0.25, 0.3) is 0 Å². The lowest BCUT2D eigenvalue weighted by molar-refractivity contribution is 0.245. The zero-order valence-electron chi connectivity index (χ0n) is 7.52. The van der Waals surface area contributed by atoms with Crippen molar-refractivity contribution in [2.45, 2.75) is 6.04 Å². The number of hydrogen-bond donors (Lipinski definition) is 0. The number of aliphatic imine (C=N–C) groups is 1. The highest BCUT2D eigenvalue weighted by Crippen LogP contribution is 2.12. The summed E-state index contributed by atoms with van der Waals surface area (Å²) >= 11 is 0. The number of ether oxygens (including phenoxy) is 2. The van der Waals surface area contributed by atoms with E-state index in [2.05, 4.69) is 4.99 Å². The van der Waals surface area contributed by atoms with E-state index in [-0.39, 0.29) is 11.9 Å². The third-order valence-electron chi connectivity index (χ3n) is 1.89. The van der Waals surface area contributed by atoms with Crippen LogP contribution < -0.4 is 4.74 Å². The molecule has 0 radical (unpaired) electrons. The van der Waals surface area contributed by atoms with Crippen molar-refractivity contribution in [3.63, 3.8) is 0 Å². The van der Waals surface area contributed by atoms with Crippen LogP contribution >= 0.6 is 0 Å². The van der Waals surface area contributed by atoms with Gasteiger partial charge < -0.3 is 9.47 Å². The van der Waals surface area contributed by atoms with E-state index in [1.165, 1.54) is 18.5 Å². The quantitative estimate of drug-likeness (QED) is 0.734. The van der Waals surface area contributed by atoms with Crippen LogP contribution in [0.1, 0.15) is 0 Å². The first-order valence-electron chi connectivity index (χ1n) is 4.36. The van der Waals surface area contributed by atoms with Gasteiger partial charge >= 0.3 is 0 Å². The van der Waals surface area contributed by atoms with Crippen molar-refractivity contribution < 1.29 is 13.9 Å². The van der Waals surface area contributed by atoms with Gasteiger partial charge in [-0.05, 0) is 24.3 Å². The third kappa shape index (κ3) is 2.22. The molecule has 0 aromatic heterocycles. The van der Waals surface area contributed by atoms with E-state index in [4.69, 9.17) is 9.47 Å². The van der Waals surface area contributed by atoms with Crippen LogP contribution in [0.3, 0.4) is 0 Å². The van der Waals surface area contributed by atoms with Gasteiger partial charge in [-0.2, -0.15) is 0 Å². The molecule has 74 valence electrons. The van der Waals surface area contributed by atoms with E-state index in [1.807, 2.05) is 0 Å². The Labute approximate surface area is 81.2 Å². The first kappa shape index (κ1) is 8.99. The molecule has 3 nitrogen and oxygen atoms in total. The highest BCUT2D eigenvalue weighted by molar-refractivity contribution is 5.48. The van der Waals surface area contributed by atoms with Gasteiger partial charge in [-0.15, -0.1) is 0 Å². The van der Waals surface area contributed by atoms with Crippen molar-refractivity contribution >= 4 is 6.40 Å². The van der Waals surface area contributed by atoms with Crippen LogP contribution in [0.2, 0.25) is 0 Å². The van der Waals surface area contributed by atoms with Gasteiger partial charge in [0.1, 0.15) is 30.8 Å². The fourth-order valence-electron chi connectivity index (χ4n) is 1.14. The summed E-state index contributed by atoms with van der Waals surface area (Å²) in [4.78, 5) is 4.02. The highest BCUT2D eigenvalue weighted by Gasteiger charge is 2.11. The third-order valence-corrected chi connectivity index (χ3v) is 1.89. The number of benzene rings is 1. The maximum atomic E-state index is 12.5. The Hall–Kier alpha value is -1.58. The molecule has 0 saturated carbocycles.